The van der Waals surface area contributed by atoms with E-state index < -0.39 is 11.7 Å². The second kappa shape index (κ2) is 4.45. The van der Waals surface area contributed by atoms with Crippen molar-refractivity contribution in [1.29, 1.82) is 0 Å². The molecule has 16 heavy (non-hydrogen) atoms. The zero-order valence-electron chi connectivity index (χ0n) is 8.76. The van der Waals surface area contributed by atoms with E-state index in [9.17, 15) is 13.2 Å². The first kappa shape index (κ1) is 11.5. The summed E-state index contributed by atoms with van der Waals surface area (Å²) in [5.74, 6) is 0.246. The Bertz CT molecular complexity index is 336. The van der Waals surface area contributed by atoms with Crippen LogP contribution in [-0.4, -0.2) is 13.2 Å². The number of hydrogen-bond donors (Lipinski definition) is 0. The Morgan fingerprint density at radius 3 is 2.31 bits per heavy atom. The lowest BCUT2D eigenvalue weighted by Gasteiger charge is -2.22. The summed E-state index contributed by atoms with van der Waals surface area (Å²) in [5.41, 5.74) is 0.348. The van der Waals surface area contributed by atoms with Gasteiger partial charge in [-0.1, -0.05) is 12.1 Å². The van der Waals surface area contributed by atoms with Crippen molar-refractivity contribution < 1.29 is 17.9 Å². The molecule has 1 heterocycles. The molecule has 0 spiro atoms. The van der Waals surface area contributed by atoms with Gasteiger partial charge in [-0.15, -0.1) is 0 Å². The predicted octanol–water partition coefficient (Wildman–Crippen LogP) is 3.60. The molecule has 1 nitrogen and oxygen atoms in total. The molecule has 0 radical (unpaired) electrons. The van der Waals surface area contributed by atoms with Crippen LogP contribution in [0.15, 0.2) is 24.3 Å². The molecule has 1 aromatic rings. The van der Waals surface area contributed by atoms with Gasteiger partial charge < -0.3 is 4.74 Å². The summed E-state index contributed by atoms with van der Waals surface area (Å²) in [4.78, 5) is 0. The lowest BCUT2D eigenvalue weighted by molar-refractivity contribution is -0.137. The van der Waals surface area contributed by atoms with E-state index in [-0.39, 0.29) is 5.92 Å². The summed E-state index contributed by atoms with van der Waals surface area (Å²) >= 11 is 0. The number of hydrogen-bond acceptors (Lipinski definition) is 1. The fourth-order valence-corrected chi connectivity index (χ4v) is 1.95. The van der Waals surface area contributed by atoms with Crippen LogP contribution in [0.4, 0.5) is 13.2 Å². The van der Waals surface area contributed by atoms with Gasteiger partial charge in [0.05, 0.1) is 12.2 Å². The van der Waals surface area contributed by atoms with E-state index in [1.54, 1.807) is 12.1 Å². The fraction of sp³-hybridized carbons (Fsp3) is 0.500. The standard InChI is InChI=1S/C12H13F3O/c13-12(14,15)11-5-3-9(4-6-11)10-2-1-7-16-8-10/h3-6,10H,1-2,7-8H2. The molecule has 1 aliphatic heterocycles. The van der Waals surface area contributed by atoms with Crippen molar-refractivity contribution in [1.82, 2.24) is 0 Å². The third kappa shape index (κ3) is 2.55. The number of alkyl halides is 3. The first-order chi connectivity index (χ1) is 7.57. The Hall–Kier alpha value is -1.03. The van der Waals surface area contributed by atoms with Crippen LogP contribution in [0.3, 0.4) is 0 Å². The average Bonchev–Trinajstić information content (AvgIpc) is 2.29. The first-order valence-electron chi connectivity index (χ1n) is 5.32. The predicted molar refractivity (Wildman–Crippen MR) is 54.2 cm³/mol. The molecule has 4 heteroatoms. The first-order valence-corrected chi connectivity index (χ1v) is 5.32. The van der Waals surface area contributed by atoms with E-state index in [0.717, 1.165) is 37.1 Å². The van der Waals surface area contributed by atoms with Crippen LogP contribution in [0.5, 0.6) is 0 Å². The Morgan fingerprint density at radius 2 is 1.81 bits per heavy atom. The van der Waals surface area contributed by atoms with Crippen LogP contribution < -0.4 is 0 Å². The van der Waals surface area contributed by atoms with Gasteiger partial charge in [0.15, 0.2) is 0 Å². The SMILES string of the molecule is FC(F)(F)c1ccc(C2CCCOC2)cc1. The molecule has 1 aromatic carbocycles. The normalized spacial score (nSPS) is 22.1. The molecule has 0 aromatic heterocycles. The van der Waals surface area contributed by atoms with Crippen LogP contribution in [0, 0.1) is 0 Å². The quantitative estimate of drug-likeness (QED) is 0.716. The van der Waals surface area contributed by atoms with Gasteiger partial charge >= 0.3 is 6.18 Å². The van der Waals surface area contributed by atoms with Gasteiger partial charge in [-0.3, -0.25) is 0 Å². The van der Waals surface area contributed by atoms with Crippen LogP contribution in [-0.2, 0) is 10.9 Å². The van der Waals surface area contributed by atoms with E-state index in [0.29, 0.717) is 6.61 Å². The van der Waals surface area contributed by atoms with Crippen LogP contribution in [0.25, 0.3) is 0 Å². The smallest absolute Gasteiger partial charge is 0.381 e. The van der Waals surface area contributed by atoms with Crippen molar-refractivity contribution >= 4 is 0 Å². The Morgan fingerprint density at radius 1 is 1.12 bits per heavy atom. The van der Waals surface area contributed by atoms with Crippen LogP contribution in [0.1, 0.15) is 29.9 Å². The monoisotopic (exact) mass is 230 g/mol. The highest BCUT2D eigenvalue weighted by Crippen LogP contribution is 2.31. The average molecular weight is 230 g/mol. The molecule has 1 unspecified atom stereocenters. The molecule has 2 rings (SSSR count). The third-order valence-corrected chi connectivity index (χ3v) is 2.87. The zero-order valence-corrected chi connectivity index (χ0v) is 8.76. The maximum Gasteiger partial charge on any atom is 0.416 e. The van der Waals surface area contributed by atoms with Crippen molar-refractivity contribution in [2.75, 3.05) is 13.2 Å². The summed E-state index contributed by atoms with van der Waals surface area (Å²) in [7, 11) is 0. The summed E-state index contributed by atoms with van der Waals surface area (Å²) in [6.45, 7) is 1.38. The molecule has 0 aliphatic carbocycles. The van der Waals surface area contributed by atoms with Gasteiger partial charge in [0.25, 0.3) is 0 Å². The Labute approximate surface area is 92.2 Å². The number of ether oxygens (including phenoxy) is 1. The summed E-state index contributed by atoms with van der Waals surface area (Å²) in [6, 6.07) is 5.40. The van der Waals surface area contributed by atoms with Crippen molar-refractivity contribution in [2.24, 2.45) is 0 Å². The highest BCUT2D eigenvalue weighted by Gasteiger charge is 2.30. The van der Waals surface area contributed by atoms with Crippen LogP contribution in [0.2, 0.25) is 0 Å². The fourth-order valence-electron chi connectivity index (χ4n) is 1.95. The van der Waals surface area contributed by atoms with Crippen molar-refractivity contribution in [3.05, 3.63) is 35.4 Å². The largest absolute Gasteiger partial charge is 0.416 e. The molecule has 0 N–H and O–H groups in total. The minimum absolute atomic E-state index is 0.246. The molecule has 88 valence electrons. The summed E-state index contributed by atoms with van der Waals surface area (Å²) < 4.78 is 42.3. The molecule has 1 atom stereocenters. The van der Waals surface area contributed by atoms with Gasteiger partial charge in [-0.25, -0.2) is 0 Å². The molecule has 1 aliphatic rings. The lowest BCUT2D eigenvalue weighted by atomic mass is 9.93. The van der Waals surface area contributed by atoms with E-state index in [4.69, 9.17) is 4.74 Å². The molecular weight excluding hydrogens is 217 g/mol. The zero-order chi connectivity index (χ0) is 11.6. The van der Waals surface area contributed by atoms with Crippen molar-refractivity contribution in [2.45, 2.75) is 24.9 Å². The summed E-state index contributed by atoms with van der Waals surface area (Å²) in [5, 5.41) is 0. The molecule has 1 fully saturated rings. The minimum Gasteiger partial charge on any atom is -0.381 e. The number of rotatable bonds is 1. The van der Waals surface area contributed by atoms with E-state index in [2.05, 4.69) is 0 Å². The maximum absolute atomic E-state index is 12.3. The van der Waals surface area contributed by atoms with Gasteiger partial charge in [-0.2, -0.15) is 13.2 Å². The highest BCUT2D eigenvalue weighted by molar-refractivity contribution is 5.27. The van der Waals surface area contributed by atoms with Crippen molar-refractivity contribution in [3.8, 4) is 0 Å². The summed E-state index contributed by atoms with van der Waals surface area (Å²) in [6.07, 6.45) is -2.28. The second-order valence-electron chi connectivity index (χ2n) is 4.03. The van der Waals surface area contributed by atoms with Gasteiger partial charge in [0.1, 0.15) is 0 Å². The van der Waals surface area contributed by atoms with E-state index in [1.807, 2.05) is 0 Å². The van der Waals surface area contributed by atoms with Crippen LogP contribution >= 0.6 is 0 Å². The number of halogens is 3. The molecule has 0 saturated carbocycles. The lowest BCUT2D eigenvalue weighted by Crippen LogP contribution is -2.15. The topological polar surface area (TPSA) is 9.23 Å². The minimum atomic E-state index is -4.25. The van der Waals surface area contributed by atoms with E-state index >= 15 is 0 Å². The Kier molecular flexibility index (Phi) is 3.19. The molecular formula is C12H13F3O. The molecule has 0 bridgehead atoms. The van der Waals surface area contributed by atoms with Gasteiger partial charge in [0.2, 0.25) is 0 Å². The Balaban J connectivity index is 2.12. The molecule has 1 saturated heterocycles. The van der Waals surface area contributed by atoms with E-state index in [1.165, 1.54) is 0 Å². The highest BCUT2D eigenvalue weighted by atomic mass is 19.4. The van der Waals surface area contributed by atoms with Gasteiger partial charge in [-0.05, 0) is 30.5 Å². The second-order valence-corrected chi connectivity index (χ2v) is 4.03. The third-order valence-electron chi connectivity index (χ3n) is 2.87. The maximum atomic E-state index is 12.3. The van der Waals surface area contributed by atoms with Gasteiger partial charge in [0, 0.05) is 12.5 Å². The molecule has 0 amide bonds. The van der Waals surface area contributed by atoms with Crippen molar-refractivity contribution in [3.63, 3.8) is 0 Å². The number of benzene rings is 1.